The fraction of sp³-hybridized carbons (Fsp3) is 1.00. The van der Waals surface area contributed by atoms with Gasteiger partial charge in [-0.2, -0.15) is 0 Å². The molecule has 1 saturated heterocycles. The predicted octanol–water partition coefficient (Wildman–Crippen LogP) is 2.97. The highest BCUT2D eigenvalue weighted by Gasteiger charge is 2.32. The van der Waals surface area contributed by atoms with Gasteiger partial charge in [0.25, 0.3) is 0 Å². The quantitative estimate of drug-likeness (QED) is 0.732. The second kappa shape index (κ2) is 6.49. The summed E-state index contributed by atoms with van der Waals surface area (Å²) < 4.78 is 6.00. The molecule has 2 heteroatoms. The van der Waals surface area contributed by atoms with Crippen LogP contribution in [0, 0.1) is 5.92 Å². The van der Waals surface area contributed by atoms with E-state index in [2.05, 4.69) is 33.0 Å². The molecule has 90 valence electrons. The highest BCUT2D eigenvalue weighted by molar-refractivity contribution is 4.86. The van der Waals surface area contributed by atoms with Gasteiger partial charge in [0.2, 0.25) is 0 Å². The Morgan fingerprint density at radius 3 is 2.27 bits per heavy atom. The molecule has 0 aromatic carbocycles. The summed E-state index contributed by atoms with van der Waals surface area (Å²) in [6.07, 6.45) is 5.88. The second-order valence-corrected chi connectivity index (χ2v) is 4.72. The van der Waals surface area contributed by atoms with E-state index in [1.165, 1.54) is 25.7 Å². The van der Waals surface area contributed by atoms with Gasteiger partial charge in [-0.15, -0.1) is 0 Å². The van der Waals surface area contributed by atoms with Gasteiger partial charge in [-0.05, 0) is 32.2 Å². The second-order valence-electron chi connectivity index (χ2n) is 4.72. The topological polar surface area (TPSA) is 21.3 Å². The first-order valence-electron chi connectivity index (χ1n) is 6.61. The first kappa shape index (κ1) is 13.0. The number of likely N-dealkylation sites (N-methyl/N-ethyl adjacent to an activating group) is 1. The van der Waals surface area contributed by atoms with Gasteiger partial charge in [-0.3, -0.25) is 0 Å². The molecule has 0 aromatic rings. The largest absolute Gasteiger partial charge is 0.374 e. The van der Waals surface area contributed by atoms with Crippen molar-refractivity contribution in [2.45, 2.75) is 71.6 Å². The van der Waals surface area contributed by atoms with E-state index in [4.69, 9.17) is 4.74 Å². The zero-order valence-electron chi connectivity index (χ0n) is 10.8. The van der Waals surface area contributed by atoms with E-state index in [0.29, 0.717) is 18.2 Å². The molecule has 0 radical (unpaired) electrons. The van der Waals surface area contributed by atoms with Crippen LogP contribution in [0.1, 0.15) is 53.4 Å². The summed E-state index contributed by atoms with van der Waals surface area (Å²) in [6, 6.07) is 0.565. The third-order valence-corrected chi connectivity index (χ3v) is 3.66. The summed E-state index contributed by atoms with van der Waals surface area (Å²) in [4.78, 5) is 0. The smallest absolute Gasteiger partial charge is 0.0735 e. The maximum Gasteiger partial charge on any atom is 0.0735 e. The minimum atomic E-state index is 0.449. The first-order valence-corrected chi connectivity index (χ1v) is 6.61. The zero-order valence-corrected chi connectivity index (χ0v) is 10.8. The average Bonchev–Trinajstić information content (AvgIpc) is 2.65. The lowest BCUT2D eigenvalue weighted by atomic mass is 9.89. The molecule has 0 spiro atoms. The van der Waals surface area contributed by atoms with Crippen LogP contribution in [0.4, 0.5) is 0 Å². The molecule has 3 unspecified atom stereocenters. The molecule has 1 fully saturated rings. The van der Waals surface area contributed by atoms with Crippen molar-refractivity contribution >= 4 is 0 Å². The summed E-state index contributed by atoms with van der Waals surface area (Å²) in [6.45, 7) is 10.0. The monoisotopic (exact) mass is 213 g/mol. The Labute approximate surface area is 94.8 Å². The van der Waals surface area contributed by atoms with Gasteiger partial charge in [-0.1, -0.05) is 33.6 Å². The van der Waals surface area contributed by atoms with Crippen molar-refractivity contribution < 1.29 is 4.74 Å². The van der Waals surface area contributed by atoms with Crippen LogP contribution in [0.15, 0.2) is 0 Å². The van der Waals surface area contributed by atoms with Gasteiger partial charge in [0.15, 0.2) is 0 Å². The van der Waals surface area contributed by atoms with Crippen molar-refractivity contribution in [2.75, 3.05) is 6.54 Å². The number of rotatable bonds is 6. The van der Waals surface area contributed by atoms with E-state index in [1.807, 2.05) is 0 Å². The van der Waals surface area contributed by atoms with Crippen molar-refractivity contribution in [3.63, 3.8) is 0 Å². The van der Waals surface area contributed by atoms with E-state index in [9.17, 15) is 0 Å². The molecule has 1 heterocycles. The summed E-state index contributed by atoms with van der Waals surface area (Å²) in [5.41, 5.74) is 0. The lowest BCUT2D eigenvalue weighted by molar-refractivity contribution is 0.0164. The summed E-state index contributed by atoms with van der Waals surface area (Å²) in [5.74, 6) is 0.764. The maximum absolute atomic E-state index is 6.00. The Bertz CT molecular complexity index is 168. The van der Waals surface area contributed by atoms with Gasteiger partial charge in [0, 0.05) is 6.04 Å². The van der Waals surface area contributed by atoms with Crippen molar-refractivity contribution in [3.05, 3.63) is 0 Å². The Morgan fingerprint density at radius 2 is 1.87 bits per heavy atom. The Morgan fingerprint density at radius 1 is 1.20 bits per heavy atom. The number of nitrogens with one attached hydrogen (secondary N) is 1. The minimum Gasteiger partial charge on any atom is -0.374 e. The van der Waals surface area contributed by atoms with E-state index in [-0.39, 0.29) is 0 Å². The van der Waals surface area contributed by atoms with Gasteiger partial charge < -0.3 is 10.1 Å². The van der Waals surface area contributed by atoms with Gasteiger partial charge in [0.05, 0.1) is 12.2 Å². The Kier molecular flexibility index (Phi) is 5.62. The van der Waals surface area contributed by atoms with E-state index in [0.717, 1.165) is 12.5 Å². The molecule has 1 aliphatic rings. The molecule has 1 N–H and O–H groups in total. The zero-order chi connectivity index (χ0) is 11.3. The van der Waals surface area contributed by atoms with Crippen LogP contribution >= 0.6 is 0 Å². The SMILES string of the molecule is CCNC(C(CC)CC)C1CCC(C)O1. The molecular weight excluding hydrogens is 186 g/mol. The van der Waals surface area contributed by atoms with Crippen molar-refractivity contribution in [2.24, 2.45) is 5.92 Å². The molecule has 15 heavy (non-hydrogen) atoms. The summed E-state index contributed by atoms with van der Waals surface area (Å²) in [5, 5.41) is 3.62. The fourth-order valence-corrected chi connectivity index (χ4v) is 2.73. The molecule has 1 rings (SSSR count). The highest BCUT2D eigenvalue weighted by Crippen LogP contribution is 2.27. The van der Waals surface area contributed by atoms with Crippen molar-refractivity contribution in [1.29, 1.82) is 0 Å². The van der Waals surface area contributed by atoms with Crippen LogP contribution in [-0.2, 0) is 4.74 Å². The van der Waals surface area contributed by atoms with E-state index < -0.39 is 0 Å². The van der Waals surface area contributed by atoms with Gasteiger partial charge >= 0.3 is 0 Å². The number of hydrogen-bond donors (Lipinski definition) is 1. The lowest BCUT2D eigenvalue weighted by Gasteiger charge is -2.31. The number of ether oxygens (including phenoxy) is 1. The van der Waals surface area contributed by atoms with Gasteiger partial charge in [-0.25, -0.2) is 0 Å². The van der Waals surface area contributed by atoms with Gasteiger partial charge in [0.1, 0.15) is 0 Å². The molecule has 0 saturated carbocycles. The third-order valence-electron chi connectivity index (χ3n) is 3.66. The van der Waals surface area contributed by atoms with Crippen LogP contribution in [0.3, 0.4) is 0 Å². The van der Waals surface area contributed by atoms with Crippen LogP contribution in [0.5, 0.6) is 0 Å². The van der Waals surface area contributed by atoms with E-state index in [1.54, 1.807) is 0 Å². The highest BCUT2D eigenvalue weighted by atomic mass is 16.5. The third kappa shape index (κ3) is 3.46. The molecule has 0 bridgehead atoms. The molecule has 1 aliphatic heterocycles. The standard InChI is InChI=1S/C13H27NO/c1-5-11(6-2)13(14-7-3)12-9-8-10(4)15-12/h10-14H,5-9H2,1-4H3. The molecule has 3 atom stereocenters. The van der Waals surface area contributed by atoms with Crippen LogP contribution < -0.4 is 5.32 Å². The van der Waals surface area contributed by atoms with Crippen molar-refractivity contribution in [3.8, 4) is 0 Å². The van der Waals surface area contributed by atoms with Crippen molar-refractivity contribution in [1.82, 2.24) is 5.32 Å². The predicted molar refractivity (Wildman–Crippen MR) is 65.1 cm³/mol. The maximum atomic E-state index is 6.00. The lowest BCUT2D eigenvalue weighted by Crippen LogP contribution is -2.45. The van der Waals surface area contributed by atoms with Crippen LogP contribution in [0.2, 0.25) is 0 Å². The molecular formula is C13H27NO. The Balaban J connectivity index is 2.55. The normalized spacial score (nSPS) is 28.6. The molecule has 0 aromatic heterocycles. The van der Waals surface area contributed by atoms with E-state index >= 15 is 0 Å². The summed E-state index contributed by atoms with van der Waals surface area (Å²) >= 11 is 0. The fourth-order valence-electron chi connectivity index (χ4n) is 2.73. The average molecular weight is 213 g/mol. The van der Waals surface area contributed by atoms with Crippen LogP contribution in [-0.4, -0.2) is 24.8 Å². The number of hydrogen-bond acceptors (Lipinski definition) is 2. The molecule has 2 nitrogen and oxygen atoms in total. The minimum absolute atomic E-state index is 0.449. The van der Waals surface area contributed by atoms with Crippen LogP contribution in [0.25, 0.3) is 0 Å². The molecule has 0 aliphatic carbocycles. The summed E-state index contributed by atoms with van der Waals surface area (Å²) in [7, 11) is 0. The molecule has 0 amide bonds. The Hall–Kier alpha value is -0.0800. The first-order chi connectivity index (χ1) is 7.22.